The molecule has 1 aromatic heterocycles. The maximum atomic E-state index is 9.73. The van der Waals surface area contributed by atoms with E-state index >= 15 is 0 Å². The second-order valence-electron chi connectivity index (χ2n) is 9.95. The summed E-state index contributed by atoms with van der Waals surface area (Å²) in [5, 5.41) is 17.0. The highest BCUT2D eigenvalue weighted by atomic mass is 35.5. The first-order chi connectivity index (χ1) is 16.8. The molecule has 3 heterocycles. The van der Waals surface area contributed by atoms with Crippen molar-refractivity contribution in [3.05, 3.63) is 58.7 Å². The second kappa shape index (κ2) is 9.37. The van der Waals surface area contributed by atoms with Gasteiger partial charge in [-0.3, -0.25) is 0 Å². The van der Waals surface area contributed by atoms with Gasteiger partial charge >= 0.3 is 0 Å². The quantitative estimate of drug-likeness (QED) is 0.484. The van der Waals surface area contributed by atoms with Gasteiger partial charge in [0.05, 0.1) is 22.6 Å². The third-order valence-electron chi connectivity index (χ3n) is 6.79. The lowest BCUT2D eigenvalue weighted by Crippen LogP contribution is -2.35. The molecule has 1 saturated heterocycles. The molecule has 0 spiro atoms. The lowest BCUT2D eigenvalue weighted by atomic mass is 9.85. The zero-order valence-electron chi connectivity index (χ0n) is 20.2. The first-order valence-corrected chi connectivity index (χ1v) is 12.3. The molecule has 0 bridgehead atoms. The van der Waals surface area contributed by atoms with Gasteiger partial charge in [-0.05, 0) is 61.9 Å². The fourth-order valence-corrected chi connectivity index (χ4v) is 4.86. The Kier molecular flexibility index (Phi) is 6.26. The fraction of sp³-hybridized carbons (Fsp3) is 0.370. The van der Waals surface area contributed by atoms with Gasteiger partial charge in [0.2, 0.25) is 5.95 Å². The number of fused-ring (bicyclic) bond motifs is 1. The van der Waals surface area contributed by atoms with E-state index < -0.39 is 0 Å². The van der Waals surface area contributed by atoms with Crippen LogP contribution in [0.1, 0.15) is 37.8 Å². The van der Waals surface area contributed by atoms with Gasteiger partial charge in [0, 0.05) is 41.8 Å². The Morgan fingerprint density at radius 1 is 1.20 bits per heavy atom. The first-order valence-electron chi connectivity index (χ1n) is 11.9. The predicted molar refractivity (Wildman–Crippen MR) is 140 cm³/mol. The molecule has 2 aliphatic heterocycles. The van der Waals surface area contributed by atoms with Crippen LogP contribution in [0.4, 0.5) is 17.3 Å². The number of ether oxygens (including phenoxy) is 1. The Balaban J connectivity index is 1.43. The Morgan fingerprint density at radius 2 is 2.00 bits per heavy atom. The largest absolute Gasteiger partial charge is 0.488 e. The average molecular weight is 489 g/mol. The van der Waals surface area contributed by atoms with Crippen LogP contribution in [-0.2, 0) is 5.41 Å². The molecule has 2 aromatic carbocycles. The van der Waals surface area contributed by atoms with E-state index in [1.165, 1.54) is 0 Å². The maximum absolute atomic E-state index is 9.73. The van der Waals surface area contributed by atoms with Gasteiger partial charge in [-0.25, -0.2) is 9.97 Å². The van der Waals surface area contributed by atoms with E-state index in [1.807, 2.05) is 30.3 Å². The standard InChI is InChI=1S/C27H29ClN6O/c1-27(2)16-31-25-18(15-29)12-17(13-21(25)27)22-6-9-30-26(32-22)33-23-14-19(28)4-5-24(23)35-20-7-10-34(3)11-8-20/h4-6,9,12-14,20,31H,7-8,10-11,16H2,1-3H3,(H,30,32,33). The fourth-order valence-electron chi connectivity index (χ4n) is 4.69. The van der Waals surface area contributed by atoms with Gasteiger partial charge in [-0.1, -0.05) is 25.4 Å². The summed E-state index contributed by atoms with van der Waals surface area (Å²) in [5.41, 5.74) is 4.96. The van der Waals surface area contributed by atoms with Crippen LogP contribution in [0.25, 0.3) is 11.3 Å². The number of nitrogens with zero attached hydrogens (tertiary/aromatic N) is 4. The summed E-state index contributed by atoms with van der Waals surface area (Å²) in [6.45, 7) is 7.18. The van der Waals surface area contributed by atoms with Gasteiger partial charge in [-0.15, -0.1) is 0 Å². The molecule has 180 valence electrons. The normalized spacial score (nSPS) is 17.3. The minimum Gasteiger partial charge on any atom is -0.488 e. The zero-order chi connectivity index (χ0) is 24.6. The summed E-state index contributed by atoms with van der Waals surface area (Å²) in [6.07, 6.45) is 3.84. The van der Waals surface area contributed by atoms with Crippen molar-refractivity contribution in [3.63, 3.8) is 0 Å². The molecule has 35 heavy (non-hydrogen) atoms. The van der Waals surface area contributed by atoms with E-state index in [9.17, 15) is 5.26 Å². The highest BCUT2D eigenvalue weighted by molar-refractivity contribution is 6.31. The molecule has 1 fully saturated rings. The number of rotatable bonds is 5. The summed E-state index contributed by atoms with van der Waals surface area (Å²) in [7, 11) is 2.13. The number of nitrogens with one attached hydrogen (secondary N) is 2. The minimum atomic E-state index is -0.0635. The lowest BCUT2D eigenvalue weighted by molar-refractivity contribution is 0.115. The highest BCUT2D eigenvalue weighted by Crippen LogP contribution is 2.41. The molecule has 0 saturated carbocycles. The van der Waals surface area contributed by atoms with Crippen molar-refractivity contribution in [1.29, 1.82) is 5.26 Å². The minimum absolute atomic E-state index is 0.0635. The van der Waals surface area contributed by atoms with E-state index in [4.69, 9.17) is 21.3 Å². The van der Waals surface area contributed by atoms with Crippen molar-refractivity contribution >= 4 is 28.9 Å². The summed E-state index contributed by atoms with van der Waals surface area (Å²) in [6, 6.07) is 13.7. The van der Waals surface area contributed by atoms with Crippen LogP contribution in [0.15, 0.2) is 42.6 Å². The Hall–Kier alpha value is -3.34. The van der Waals surface area contributed by atoms with Crippen LogP contribution < -0.4 is 15.4 Å². The summed E-state index contributed by atoms with van der Waals surface area (Å²) >= 11 is 6.31. The SMILES string of the molecule is CN1CCC(Oc2ccc(Cl)cc2Nc2nccc(-c3cc(C#N)c4c(c3)C(C)(C)CN4)n2)CC1. The number of halogens is 1. The third kappa shape index (κ3) is 4.90. The van der Waals surface area contributed by atoms with E-state index in [0.29, 0.717) is 16.5 Å². The molecule has 0 unspecified atom stereocenters. The van der Waals surface area contributed by atoms with Crippen LogP contribution in [0, 0.1) is 11.3 Å². The first kappa shape index (κ1) is 23.4. The Labute approximate surface area is 211 Å². The van der Waals surface area contributed by atoms with Gasteiger partial charge in [0.15, 0.2) is 0 Å². The molecule has 5 rings (SSSR count). The van der Waals surface area contributed by atoms with E-state index in [2.05, 4.69) is 53.5 Å². The van der Waals surface area contributed by atoms with Crippen molar-refractivity contribution in [2.24, 2.45) is 0 Å². The summed E-state index contributed by atoms with van der Waals surface area (Å²) in [5.74, 6) is 1.17. The summed E-state index contributed by atoms with van der Waals surface area (Å²) < 4.78 is 6.33. The number of piperidine rings is 1. The number of benzene rings is 2. The highest BCUT2D eigenvalue weighted by Gasteiger charge is 2.32. The van der Waals surface area contributed by atoms with Crippen molar-refractivity contribution < 1.29 is 4.74 Å². The smallest absolute Gasteiger partial charge is 0.227 e. The number of likely N-dealkylation sites (tertiary alicyclic amines) is 1. The van der Waals surface area contributed by atoms with Crippen LogP contribution in [0.5, 0.6) is 5.75 Å². The lowest BCUT2D eigenvalue weighted by Gasteiger charge is -2.30. The molecular weight excluding hydrogens is 460 g/mol. The zero-order valence-corrected chi connectivity index (χ0v) is 21.0. The van der Waals surface area contributed by atoms with Gasteiger partial charge in [0.25, 0.3) is 0 Å². The molecule has 7 nitrogen and oxygen atoms in total. The van der Waals surface area contributed by atoms with Crippen LogP contribution >= 0.6 is 11.6 Å². The van der Waals surface area contributed by atoms with Crippen molar-refractivity contribution in [1.82, 2.24) is 14.9 Å². The number of anilines is 3. The number of hydrogen-bond acceptors (Lipinski definition) is 7. The monoisotopic (exact) mass is 488 g/mol. The topological polar surface area (TPSA) is 86.1 Å². The predicted octanol–water partition coefficient (Wildman–Crippen LogP) is 5.59. The van der Waals surface area contributed by atoms with Gasteiger partial charge in [-0.2, -0.15) is 5.26 Å². The second-order valence-corrected chi connectivity index (χ2v) is 10.4. The van der Waals surface area contributed by atoms with Gasteiger partial charge < -0.3 is 20.3 Å². The van der Waals surface area contributed by atoms with E-state index in [-0.39, 0.29) is 11.5 Å². The van der Waals surface area contributed by atoms with E-state index in [1.54, 1.807) is 6.20 Å². The molecule has 0 atom stereocenters. The van der Waals surface area contributed by atoms with Crippen molar-refractivity contribution in [2.75, 3.05) is 37.3 Å². The number of aromatic nitrogens is 2. The van der Waals surface area contributed by atoms with Gasteiger partial charge in [0.1, 0.15) is 17.9 Å². The third-order valence-corrected chi connectivity index (χ3v) is 7.03. The van der Waals surface area contributed by atoms with E-state index in [0.717, 1.165) is 66.4 Å². The van der Waals surface area contributed by atoms with Crippen LogP contribution in [0.2, 0.25) is 5.02 Å². The van der Waals surface area contributed by atoms with Crippen LogP contribution in [-0.4, -0.2) is 47.7 Å². The number of hydrogen-bond donors (Lipinski definition) is 2. The molecule has 0 aliphatic carbocycles. The Bertz CT molecular complexity index is 1290. The van der Waals surface area contributed by atoms with Crippen molar-refractivity contribution in [3.8, 4) is 23.1 Å². The molecule has 3 aromatic rings. The maximum Gasteiger partial charge on any atom is 0.227 e. The van der Waals surface area contributed by atoms with Crippen molar-refractivity contribution in [2.45, 2.75) is 38.2 Å². The molecule has 2 aliphatic rings. The number of nitriles is 1. The molecule has 0 amide bonds. The molecular formula is C27H29ClN6O. The molecule has 0 radical (unpaired) electrons. The molecule has 8 heteroatoms. The average Bonchev–Trinajstić information content (AvgIpc) is 3.16. The molecule has 2 N–H and O–H groups in total. The Morgan fingerprint density at radius 3 is 2.77 bits per heavy atom. The van der Waals surface area contributed by atoms with Crippen LogP contribution in [0.3, 0.4) is 0 Å². The summed E-state index contributed by atoms with van der Waals surface area (Å²) in [4.78, 5) is 11.5.